The third-order valence-electron chi connectivity index (χ3n) is 13.9. The molecule has 0 amide bonds. The van der Waals surface area contributed by atoms with Crippen molar-refractivity contribution >= 4 is 17.9 Å². The molecule has 0 heterocycles. The van der Waals surface area contributed by atoms with Gasteiger partial charge in [-0.15, -0.1) is 0 Å². The summed E-state index contributed by atoms with van der Waals surface area (Å²) in [4.78, 5) is 38.2. The second kappa shape index (κ2) is 56.0. The van der Waals surface area contributed by atoms with Crippen LogP contribution in [0.15, 0.2) is 0 Å². The molecule has 0 radical (unpaired) electrons. The highest BCUT2D eigenvalue weighted by molar-refractivity contribution is 5.71. The monoisotopic (exact) mass is 933 g/mol. The van der Waals surface area contributed by atoms with Crippen LogP contribution in [-0.4, -0.2) is 37.2 Å². The quantitative estimate of drug-likeness (QED) is 0.0343. The summed E-state index contributed by atoms with van der Waals surface area (Å²) in [5.74, 6) is -0.830. The van der Waals surface area contributed by atoms with Crippen LogP contribution in [-0.2, 0) is 28.6 Å². The zero-order valence-electron chi connectivity index (χ0n) is 45.0. The van der Waals surface area contributed by atoms with Crippen LogP contribution >= 0.6 is 0 Å². The SMILES string of the molecule is CCCCCCCCCCCCCCCCCCCCCC(=O)OC[C@@H](COC(=O)CCCCCCCCCCCCCC)OC(=O)CCCCCCCCCCCCCCCCCCC. The van der Waals surface area contributed by atoms with Gasteiger partial charge in [0.25, 0.3) is 0 Å². The number of esters is 3. The molecule has 0 aliphatic carbocycles. The molecule has 0 unspecified atom stereocenters. The highest BCUT2D eigenvalue weighted by Crippen LogP contribution is 2.18. The van der Waals surface area contributed by atoms with Crippen molar-refractivity contribution in [3.63, 3.8) is 0 Å². The Morgan fingerprint density at radius 3 is 0.606 bits per heavy atom. The van der Waals surface area contributed by atoms with E-state index in [0.717, 1.165) is 57.8 Å². The standard InChI is InChI=1S/C60H116O6/c1-4-7-10-13-16-19-22-25-27-29-30-32-33-35-38-41-44-47-50-53-59(62)65-56-57(55-64-58(61)52-49-46-43-40-37-24-21-18-15-12-9-6-3)66-60(63)54-51-48-45-42-39-36-34-31-28-26-23-20-17-14-11-8-5-2/h57H,4-56H2,1-3H3/t57-/m1/s1. The summed E-state index contributed by atoms with van der Waals surface area (Å²) in [5, 5.41) is 0. The van der Waals surface area contributed by atoms with Crippen LogP contribution in [0.2, 0.25) is 0 Å². The van der Waals surface area contributed by atoms with Crippen molar-refractivity contribution < 1.29 is 28.6 Å². The number of hydrogen-bond donors (Lipinski definition) is 0. The molecule has 0 N–H and O–H groups in total. The molecule has 0 rings (SSSR count). The first kappa shape index (κ1) is 64.4. The minimum absolute atomic E-state index is 0.0609. The molecule has 0 spiro atoms. The Balaban J connectivity index is 4.25. The molecular formula is C60H116O6. The van der Waals surface area contributed by atoms with Crippen molar-refractivity contribution in [2.24, 2.45) is 0 Å². The van der Waals surface area contributed by atoms with Gasteiger partial charge in [0.1, 0.15) is 13.2 Å². The number of carbonyl (C=O) groups is 3. The van der Waals surface area contributed by atoms with E-state index in [9.17, 15) is 14.4 Å². The van der Waals surface area contributed by atoms with Crippen LogP contribution < -0.4 is 0 Å². The molecule has 0 aromatic heterocycles. The second-order valence-electron chi connectivity index (χ2n) is 20.6. The van der Waals surface area contributed by atoms with Gasteiger partial charge in [0.15, 0.2) is 6.10 Å². The number of carbonyl (C=O) groups excluding carboxylic acids is 3. The minimum atomic E-state index is -0.761. The van der Waals surface area contributed by atoms with Gasteiger partial charge >= 0.3 is 17.9 Å². The summed E-state index contributed by atoms with van der Waals surface area (Å²) in [6.07, 6.45) is 62.4. The third-order valence-corrected chi connectivity index (χ3v) is 13.9. The highest BCUT2D eigenvalue weighted by Gasteiger charge is 2.19. The van der Waals surface area contributed by atoms with Gasteiger partial charge < -0.3 is 14.2 Å². The number of rotatable bonds is 56. The lowest BCUT2D eigenvalue weighted by Crippen LogP contribution is -2.30. The van der Waals surface area contributed by atoms with E-state index in [0.29, 0.717) is 19.3 Å². The fourth-order valence-corrected chi connectivity index (χ4v) is 9.33. The van der Waals surface area contributed by atoms with Crippen LogP contribution in [0.25, 0.3) is 0 Å². The lowest BCUT2D eigenvalue weighted by molar-refractivity contribution is -0.167. The molecule has 66 heavy (non-hydrogen) atoms. The molecule has 0 aromatic rings. The van der Waals surface area contributed by atoms with E-state index < -0.39 is 6.10 Å². The van der Waals surface area contributed by atoms with Gasteiger partial charge in [-0.3, -0.25) is 14.4 Å². The molecule has 0 saturated carbocycles. The van der Waals surface area contributed by atoms with Gasteiger partial charge in [-0.1, -0.05) is 310 Å². The van der Waals surface area contributed by atoms with Crippen molar-refractivity contribution in [3.8, 4) is 0 Å². The fourth-order valence-electron chi connectivity index (χ4n) is 9.33. The van der Waals surface area contributed by atoms with Gasteiger partial charge in [-0.05, 0) is 19.3 Å². The van der Waals surface area contributed by atoms with Gasteiger partial charge in [-0.2, -0.15) is 0 Å². The summed E-state index contributed by atoms with van der Waals surface area (Å²) < 4.78 is 16.9. The maximum atomic E-state index is 12.9. The van der Waals surface area contributed by atoms with Crippen LogP contribution in [0.3, 0.4) is 0 Å². The Kier molecular flexibility index (Phi) is 54.7. The molecule has 0 fully saturated rings. The van der Waals surface area contributed by atoms with E-state index in [4.69, 9.17) is 14.2 Å². The van der Waals surface area contributed by atoms with E-state index in [1.54, 1.807) is 0 Å². The molecule has 0 aromatic carbocycles. The van der Waals surface area contributed by atoms with E-state index in [2.05, 4.69) is 20.8 Å². The average molecular weight is 934 g/mol. The normalized spacial score (nSPS) is 11.9. The molecule has 0 saturated heterocycles. The topological polar surface area (TPSA) is 78.9 Å². The predicted octanol–water partition coefficient (Wildman–Crippen LogP) is 19.9. The molecular weight excluding hydrogens is 817 g/mol. The Morgan fingerprint density at radius 1 is 0.242 bits per heavy atom. The summed E-state index contributed by atoms with van der Waals surface area (Å²) in [6.45, 7) is 6.71. The highest BCUT2D eigenvalue weighted by atomic mass is 16.6. The van der Waals surface area contributed by atoms with Crippen LogP contribution in [0.1, 0.15) is 348 Å². The fraction of sp³-hybridized carbons (Fsp3) is 0.950. The Labute approximate surface area is 412 Å². The van der Waals surface area contributed by atoms with Crippen LogP contribution in [0.5, 0.6) is 0 Å². The van der Waals surface area contributed by atoms with Crippen molar-refractivity contribution in [2.45, 2.75) is 354 Å². The first-order valence-corrected chi connectivity index (χ1v) is 30.0. The van der Waals surface area contributed by atoms with Crippen molar-refractivity contribution in [3.05, 3.63) is 0 Å². The lowest BCUT2D eigenvalue weighted by Gasteiger charge is -2.18. The van der Waals surface area contributed by atoms with Gasteiger partial charge in [0, 0.05) is 19.3 Å². The zero-order chi connectivity index (χ0) is 47.9. The molecule has 0 bridgehead atoms. The molecule has 0 aliphatic heterocycles. The summed E-state index contributed by atoms with van der Waals surface area (Å²) in [5.41, 5.74) is 0. The van der Waals surface area contributed by atoms with E-state index in [-0.39, 0.29) is 31.1 Å². The maximum absolute atomic E-state index is 12.9. The zero-order valence-corrected chi connectivity index (χ0v) is 45.0. The third kappa shape index (κ3) is 53.4. The lowest BCUT2D eigenvalue weighted by atomic mass is 10.0. The van der Waals surface area contributed by atoms with E-state index >= 15 is 0 Å². The maximum Gasteiger partial charge on any atom is 0.306 e. The van der Waals surface area contributed by atoms with E-state index in [1.165, 1.54) is 250 Å². The van der Waals surface area contributed by atoms with Crippen molar-refractivity contribution in [1.82, 2.24) is 0 Å². The molecule has 392 valence electrons. The van der Waals surface area contributed by atoms with Gasteiger partial charge in [-0.25, -0.2) is 0 Å². The largest absolute Gasteiger partial charge is 0.462 e. The summed E-state index contributed by atoms with van der Waals surface area (Å²) in [7, 11) is 0. The molecule has 6 heteroatoms. The molecule has 6 nitrogen and oxygen atoms in total. The number of unbranched alkanes of at least 4 members (excludes halogenated alkanes) is 45. The van der Waals surface area contributed by atoms with Crippen molar-refractivity contribution in [1.29, 1.82) is 0 Å². The van der Waals surface area contributed by atoms with Gasteiger partial charge in [0.05, 0.1) is 0 Å². The minimum Gasteiger partial charge on any atom is -0.462 e. The number of ether oxygens (including phenoxy) is 3. The Hall–Kier alpha value is -1.59. The second-order valence-corrected chi connectivity index (χ2v) is 20.6. The smallest absolute Gasteiger partial charge is 0.306 e. The Bertz CT molecular complexity index is 982. The number of hydrogen-bond acceptors (Lipinski definition) is 6. The van der Waals surface area contributed by atoms with Crippen LogP contribution in [0, 0.1) is 0 Å². The summed E-state index contributed by atoms with van der Waals surface area (Å²) >= 11 is 0. The first-order valence-electron chi connectivity index (χ1n) is 30.0. The molecule has 0 aliphatic rings. The average Bonchev–Trinajstić information content (AvgIpc) is 3.31. The molecule has 1 atom stereocenters. The summed E-state index contributed by atoms with van der Waals surface area (Å²) in [6, 6.07) is 0. The van der Waals surface area contributed by atoms with Gasteiger partial charge in [0.2, 0.25) is 0 Å². The van der Waals surface area contributed by atoms with Crippen LogP contribution in [0.4, 0.5) is 0 Å². The first-order chi connectivity index (χ1) is 32.5. The van der Waals surface area contributed by atoms with E-state index in [1.807, 2.05) is 0 Å². The predicted molar refractivity (Wildman–Crippen MR) is 284 cm³/mol. The van der Waals surface area contributed by atoms with Crippen molar-refractivity contribution in [2.75, 3.05) is 13.2 Å². The Morgan fingerprint density at radius 2 is 0.409 bits per heavy atom.